The van der Waals surface area contributed by atoms with E-state index in [1.165, 1.54) is 5.56 Å². The number of benzene rings is 1. The second-order valence-electron chi connectivity index (χ2n) is 6.94. The van der Waals surface area contributed by atoms with E-state index in [0.717, 1.165) is 12.8 Å². The summed E-state index contributed by atoms with van der Waals surface area (Å²) in [5.74, 6) is 0.195. The molecule has 0 saturated heterocycles. The molecule has 0 aliphatic rings. The molecular formula is C22H25N3O3. The van der Waals surface area contributed by atoms with Gasteiger partial charge < -0.3 is 9.73 Å². The van der Waals surface area contributed by atoms with Gasteiger partial charge in [-0.05, 0) is 49.9 Å². The van der Waals surface area contributed by atoms with Crippen molar-refractivity contribution < 1.29 is 9.21 Å². The van der Waals surface area contributed by atoms with Gasteiger partial charge in [-0.3, -0.25) is 9.48 Å². The van der Waals surface area contributed by atoms with E-state index in [0.29, 0.717) is 24.3 Å². The molecule has 1 atom stereocenters. The third kappa shape index (κ3) is 4.97. The maximum absolute atomic E-state index is 12.5. The first kappa shape index (κ1) is 19.6. The summed E-state index contributed by atoms with van der Waals surface area (Å²) < 4.78 is 7.15. The summed E-state index contributed by atoms with van der Waals surface area (Å²) in [4.78, 5) is 24.8. The van der Waals surface area contributed by atoms with Gasteiger partial charge in [0.05, 0.1) is 6.04 Å². The lowest BCUT2D eigenvalue weighted by molar-refractivity contribution is 0.0943. The second-order valence-corrected chi connectivity index (χ2v) is 6.94. The molecule has 1 amide bonds. The Kier molecular flexibility index (Phi) is 6.42. The van der Waals surface area contributed by atoms with Crippen LogP contribution < -0.4 is 10.9 Å². The molecule has 0 saturated carbocycles. The number of nitrogens with one attached hydrogen (secondary N) is 1. The van der Waals surface area contributed by atoms with Crippen LogP contribution in [-0.4, -0.2) is 22.2 Å². The van der Waals surface area contributed by atoms with Crippen LogP contribution in [0.2, 0.25) is 0 Å². The summed E-state index contributed by atoms with van der Waals surface area (Å²) >= 11 is 0. The fraction of sp³-hybridized carbons (Fsp3) is 0.318. The standard InChI is InChI=1S/C22H25N3O3/c1-16-14-19(11-6-10-18-8-4-3-5-9-18)28-22(27)20(16)21(26)23-15-17(2)25-13-7-12-24-25/h3-5,7-9,12-14,17H,6,10-11,15H2,1-2H3,(H,23,26). The molecule has 1 unspecified atom stereocenters. The van der Waals surface area contributed by atoms with E-state index in [9.17, 15) is 9.59 Å². The van der Waals surface area contributed by atoms with Crippen LogP contribution >= 0.6 is 0 Å². The number of rotatable bonds is 8. The minimum atomic E-state index is -0.584. The maximum Gasteiger partial charge on any atom is 0.349 e. The number of carbonyl (C=O) groups is 1. The fourth-order valence-electron chi connectivity index (χ4n) is 3.14. The summed E-state index contributed by atoms with van der Waals surface area (Å²) in [7, 11) is 0. The summed E-state index contributed by atoms with van der Waals surface area (Å²) in [6, 6.07) is 13.8. The van der Waals surface area contributed by atoms with E-state index in [-0.39, 0.29) is 11.6 Å². The highest BCUT2D eigenvalue weighted by atomic mass is 16.4. The maximum atomic E-state index is 12.5. The van der Waals surface area contributed by atoms with Crippen molar-refractivity contribution in [1.82, 2.24) is 15.1 Å². The zero-order valence-electron chi connectivity index (χ0n) is 16.2. The average Bonchev–Trinajstić information content (AvgIpc) is 3.21. The van der Waals surface area contributed by atoms with Gasteiger partial charge in [0.25, 0.3) is 5.91 Å². The highest BCUT2D eigenvalue weighted by Gasteiger charge is 2.17. The highest BCUT2D eigenvalue weighted by molar-refractivity contribution is 5.95. The molecule has 28 heavy (non-hydrogen) atoms. The van der Waals surface area contributed by atoms with Crippen molar-refractivity contribution in [2.45, 2.75) is 39.2 Å². The van der Waals surface area contributed by atoms with E-state index < -0.39 is 11.5 Å². The van der Waals surface area contributed by atoms with Gasteiger partial charge >= 0.3 is 5.63 Å². The molecule has 6 nitrogen and oxygen atoms in total. The minimum absolute atomic E-state index is 0.0106. The Labute approximate surface area is 164 Å². The number of nitrogens with zero attached hydrogens (tertiary/aromatic N) is 2. The first-order valence-corrected chi connectivity index (χ1v) is 9.49. The smallest absolute Gasteiger partial charge is 0.349 e. The lowest BCUT2D eigenvalue weighted by Crippen LogP contribution is -2.33. The van der Waals surface area contributed by atoms with Crippen molar-refractivity contribution in [3.63, 3.8) is 0 Å². The van der Waals surface area contributed by atoms with E-state index in [1.54, 1.807) is 23.9 Å². The molecule has 0 spiro atoms. The minimum Gasteiger partial charge on any atom is -0.427 e. The molecule has 0 aliphatic heterocycles. The molecule has 1 N–H and O–H groups in total. The molecule has 2 aromatic heterocycles. The van der Waals surface area contributed by atoms with E-state index in [1.807, 2.05) is 37.4 Å². The van der Waals surface area contributed by atoms with Gasteiger partial charge in [-0.25, -0.2) is 4.79 Å². The van der Waals surface area contributed by atoms with Crippen molar-refractivity contribution in [2.24, 2.45) is 0 Å². The van der Waals surface area contributed by atoms with Gasteiger partial charge in [-0.15, -0.1) is 0 Å². The molecule has 0 radical (unpaired) electrons. The number of amides is 1. The number of hydrogen-bond acceptors (Lipinski definition) is 4. The molecule has 0 fully saturated rings. The molecule has 2 heterocycles. The third-order valence-corrected chi connectivity index (χ3v) is 4.69. The topological polar surface area (TPSA) is 77.1 Å². The predicted molar refractivity (Wildman–Crippen MR) is 107 cm³/mol. The van der Waals surface area contributed by atoms with Crippen LogP contribution in [0.3, 0.4) is 0 Å². The summed E-state index contributed by atoms with van der Waals surface area (Å²) in [6.45, 7) is 4.08. The van der Waals surface area contributed by atoms with E-state index >= 15 is 0 Å². The van der Waals surface area contributed by atoms with Crippen LogP contribution in [0, 0.1) is 6.92 Å². The molecule has 0 aliphatic carbocycles. The number of carbonyl (C=O) groups excluding carboxylic acids is 1. The average molecular weight is 379 g/mol. The lowest BCUT2D eigenvalue weighted by Gasteiger charge is -2.13. The zero-order chi connectivity index (χ0) is 19.9. The summed E-state index contributed by atoms with van der Waals surface area (Å²) in [5, 5.41) is 6.94. The number of aryl methyl sites for hydroxylation is 3. The quantitative estimate of drug-likeness (QED) is 0.651. The van der Waals surface area contributed by atoms with Crippen molar-refractivity contribution >= 4 is 5.91 Å². The Morgan fingerprint density at radius 3 is 2.68 bits per heavy atom. The van der Waals surface area contributed by atoms with Crippen molar-refractivity contribution in [2.75, 3.05) is 6.54 Å². The molecule has 146 valence electrons. The van der Waals surface area contributed by atoms with Crippen molar-refractivity contribution in [1.29, 1.82) is 0 Å². The Bertz CT molecular complexity index is 962. The number of aromatic nitrogens is 2. The molecule has 3 rings (SSSR count). The van der Waals surface area contributed by atoms with Crippen LogP contribution in [0.1, 0.15) is 46.6 Å². The highest BCUT2D eigenvalue weighted by Crippen LogP contribution is 2.11. The Morgan fingerprint density at radius 2 is 2.00 bits per heavy atom. The number of hydrogen-bond donors (Lipinski definition) is 1. The molecule has 3 aromatic rings. The van der Waals surface area contributed by atoms with Crippen LogP contribution in [0.25, 0.3) is 0 Å². The summed E-state index contributed by atoms with van der Waals surface area (Å²) in [5.41, 5.74) is 1.37. The van der Waals surface area contributed by atoms with Crippen molar-refractivity contribution in [3.05, 3.63) is 87.7 Å². The monoisotopic (exact) mass is 379 g/mol. The van der Waals surface area contributed by atoms with E-state index in [4.69, 9.17) is 4.42 Å². The SMILES string of the molecule is Cc1cc(CCCc2ccccc2)oc(=O)c1C(=O)NCC(C)n1cccn1. The predicted octanol–water partition coefficient (Wildman–Crippen LogP) is 3.31. The zero-order valence-corrected chi connectivity index (χ0v) is 16.2. The largest absolute Gasteiger partial charge is 0.427 e. The van der Waals surface area contributed by atoms with Gasteiger partial charge in [0, 0.05) is 25.4 Å². The van der Waals surface area contributed by atoms with Gasteiger partial charge in [0.1, 0.15) is 11.3 Å². The molecular weight excluding hydrogens is 354 g/mol. The Hall–Kier alpha value is -3.15. The first-order chi connectivity index (χ1) is 13.5. The third-order valence-electron chi connectivity index (χ3n) is 4.69. The fourth-order valence-corrected chi connectivity index (χ4v) is 3.14. The van der Waals surface area contributed by atoms with Gasteiger partial charge in [0.2, 0.25) is 0 Å². The van der Waals surface area contributed by atoms with Crippen LogP contribution in [-0.2, 0) is 12.8 Å². The normalized spacial score (nSPS) is 11.9. The Morgan fingerprint density at radius 1 is 1.21 bits per heavy atom. The lowest BCUT2D eigenvalue weighted by atomic mass is 10.1. The van der Waals surface area contributed by atoms with Gasteiger partial charge in [0.15, 0.2) is 0 Å². The van der Waals surface area contributed by atoms with Crippen molar-refractivity contribution in [3.8, 4) is 0 Å². The van der Waals surface area contributed by atoms with Gasteiger partial charge in [-0.2, -0.15) is 5.10 Å². The Balaban J connectivity index is 1.59. The second kappa shape index (κ2) is 9.17. The summed E-state index contributed by atoms with van der Waals surface area (Å²) in [6.07, 6.45) is 5.97. The van der Waals surface area contributed by atoms with E-state index in [2.05, 4.69) is 22.5 Å². The van der Waals surface area contributed by atoms with Crippen LogP contribution in [0.15, 0.2) is 64.1 Å². The van der Waals surface area contributed by atoms with Crippen LogP contribution in [0.5, 0.6) is 0 Å². The first-order valence-electron chi connectivity index (χ1n) is 9.49. The molecule has 6 heteroatoms. The van der Waals surface area contributed by atoms with Crippen LogP contribution in [0.4, 0.5) is 0 Å². The van der Waals surface area contributed by atoms with Gasteiger partial charge in [-0.1, -0.05) is 30.3 Å². The molecule has 0 bridgehead atoms. The molecule has 1 aromatic carbocycles.